The maximum absolute atomic E-state index is 11.2. The summed E-state index contributed by atoms with van der Waals surface area (Å²) in [6.45, 7) is 3.05. The number of aliphatic carboxylic acids is 1. The van der Waals surface area contributed by atoms with Gasteiger partial charge in [0.05, 0.1) is 12.2 Å². The van der Waals surface area contributed by atoms with E-state index in [1.807, 2.05) is 55.5 Å². The first kappa shape index (κ1) is 31.1. The Morgan fingerprint density at radius 3 is 2.07 bits per heavy atom. The third-order valence-corrected chi connectivity index (χ3v) is 7.23. The molecule has 0 amide bonds. The Labute approximate surface area is 253 Å². The van der Waals surface area contributed by atoms with E-state index in [2.05, 4.69) is 48.6 Å². The van der Waals surface area contributed by atoms with Crippen LogP contribution in [0.2, 0.25) is 0 Å². The van der Waals surface area contributed by atoms with Crippen molar-refractivity contribution in [2.45, 2.75) is 45.6 Å². The van der Waals surface area contributed by atoms with Crippen LogP contribution in [0.5, 0.6) is 11.5 Å². The van der Waals surface area contributed by atoms with E-state index in [0.717, 1.165) is 58.6 Å². The summed E-state index contributed by atoms with van der Waals surface area (Å²) in [7, 11) is 0. The number of aromatic carboxylic acids is 1. The average Bonchev–Trinajstić information content (AvgIpc) is 3.02. The molecule has 0 aliphatic rings. The van der Waals surface area contributed by atoms with Crippen molar-refractivity contribution in [2.24, 2.45) is 5.92 Å². The van der Waals surface area contributed by atoms with Crippen LogP contribution >= 0.6 is 0 Å². The van der Waals surface area contributed by atoms with Gasteiger partial charge in [0.15, 0.2) is 0 Å². The summed E-state index contributed by atoms with van der Waals surface area (Å²) in [5.74, 6) is 0.0745. The fraction of sp³-hybridized carbons (Fsp3) is 0.243. The van der Waals surface area contributed by atoms with Crippen LogP contribution in [0.15, 0.2) is 103 Å². The summed E-state index contributed by atoms with van der Waals surface area (Å²) < 4.78 is 11.8. The highest BCUT2D eigenvalue weighted by molar-refractivity contribution is 5.87. The number of carboxylic acids is 2. The van der Waals surface area contributed by atoms with Gasteiger partial charge in [0.1, 0.15) is 18.1 Å². The Kier molecular flexibility index (Phi) is 11.6. The van der Waals surface area contributed by atoms with E-state index in [9.17, 15) is 14.7 Å². The van der Waals surface area contributed by atoms with Crippen LogP contribution in [0, 0.1) is 5.92 Å². The lowest BCUT2D eigenvalue weighted by Gasteiger charge is -2.14. The van der Waals surface area contributed by atoms with E-state index in [1.54, 1.807) is 12.1 Å². The number of hydrogen-bond acceptors (Lipinski definition) is 4. The van der Waals surface area contributed by atoms with Gasteiger partial charge in [-0.05, 0) is 84.7 Å². The van der Waals surface area contributed by atoms with Crippen LogP contribution in [0.3, 0.4) is 0 Å². The second kappa shape index (κ2) is 16.0. The Morgan fingerprint density at radius 2 is 1.42 bits per heavy atom. The van der Waals surface area contributed by atoms with Crippen LogP contribution in [0.25, 0.3) is 17.2 Å². The van der Waals surface area contributed by atoms with Crippen molar-refractivity contribution in [3.05, 3.63) is 125 Å². The van der Waals surface area contributed by atoms with Crippen molar-refractivity contribution in [2.75, 3.05) is 6.61 Å². The van der Waals surface area contributed by atoms with E-state index in [0.29, 0.717) is 19.6 Å². The zero-order valence-corrected chi connectivity index (χ0v) is 24.4. The van der Waals surface area contributed by atoms with Crippen molar-refractivity contribution in [3.63, 3.8) is 0 Å². The minimum atomic E-state index is -0.947. The predicted molar refractivity (Wildman–Crippen MR) is 170 cm³/mol. The van der Waals surface area contributed by atoms with Gasteiger partial charge in [-0.1, -0.05) is 85.3 Å². The SMILES string of the molecule is CCOc1ccc(-c2ccc(COc3ccccc3C=CC(CCCCC(=O)O)Cc3ccc(C(=O)O)cc3)cc2)cc1. The van der Waals surface area contributed by atoms with Crippen molar-refractivity contribution in [3.8, 4) is 22.6 Å². The van der Waals surface area contributed by atoms with Gasteiger partial charge in [-0.25, -0.2) is 4.79 Å². The molecule has 6 heteroatoms. The first-order valence-corrected chi connectivity index (χ1v) is 14.7. The number of para-hydroxylation sites is 1. The van der Waals surface area contributed by atoms with Gasteiger partial charge >= 0.3 is 11.9 Å². The first-order valence-electron chi connectivity index (χ1n) is 14.7. The number of carbonyl (C=O) groups is 2. The third-order valence-electron chi connectivity index (χ3n) is 7.23. The summed E-state index contributed by atoms with van der Waals surface area (Å²) in [6, 6.07) is 31.3. The molecule has 0 aliphatic heterocycles. The quantitative estimate of drug-likeness (QED) is 0.129. The summed E-state index contributed by atoms with van der Waals surface area (Å²) in [6.07, 6.45) is 7.34. The number of rotatable bonds is 16. The van der Waals surface area contributed by atoms with E-state index in [-0.39, 0.29) is 17.9 Å². The molecule has 0 radical (unpaired) electrons. The Hall–Kier alpha value is -4.84. The summed E-state index contributed by atoms with van der Waals surface area (Å²) >= 11 is 0. The van der Waals surface area contributed by atoms with Crippen molar-refractivity contribution in [1.29, 1.82) is 0 Å². The molecule has 1 unspecified atom stereocenters. The monoisotopic (exact) mass is 578 g/mol. The van der Waals surface area contributed by atoms with E-state index in [1.165, 1.54) is 0 Å². The molecule has 0 aliphatic carbocycles. The number of unbranched alkanes of at least 4 members (excludes halogenated alkanes) is 1. The number of allylic oxidation sites excluding steroid dienone is 1. The first-order chi connectivity index (χ1) is 20.9. The molecule has 4 rings (SSSR count). The molecule has 0 saturated carbocycles. The molecule has 0 spiro atoms. The Bertz CT molecular complexity index is 1490. The minimum absolute atomic E-state index is 0.154. The van der Waals surface area contributed by atoms with E-state index >= 15 is 0 Å². The summed E-state index contributed by atoms with van der Waals surface area (Å²) in [5.41, 5.74) is 5.58. The molecular weight excluding hydrogens is 540 g/mol. The Morgan fingerprint density at radius 1 is 0.767 bits per heavy atom. The fourth-order valence-corrected chi connectivity index (χ4v) is 4.89. The van der Waals surface area contributed by atoms with Crippen LogP contribution < -0.4 is 9.47 Å². The van der Waals surface area contributed by atoms with Crippen molar-refractivity contribution >= 4 is 18.0 Å². The van der Waals surface area contributed by atoms with Gasteiger partial charge in [0, 0.05) is 12.0 Å². The van der Waals surface area contributed by atoms with E-state index < -0.39 is 11.9 Å². The lowest BCUT2D eigenvalue weighted by atomic mass is 9.92. The molecule has 0 saturated heterocycles. The van der Waals surface area contributed by atoms with Crippen LogP contribution in [-0.2, 0) is 17.8 Å². The zero-order valence-electron chi connectivity index (χ0n) is 24.4. The molecule has 0 fully saturated rings. The molecule has 43 heavy (non-hydrogen) atoms. The smallest absolute Gasteiger partial charge is 0.335 e. The Balaban J connectivity index is 1.41. The van der Waals surface area contributed by atoms with E-state index in [4.69, 9.17) is 14.6 Å². The maximum atomic E-state index is 11.2. The van der Waals surface area contributed by atoms with Gasteiger partial charge in [0.2, 0.25) is 0 Å². The summed E-state index contributed by atoms with van der Waals surface area (Å²) in [4.78, 5) is 22.2. The number of benzene rings is 4. The molecule has 6 nitrogen and oxygen atoms in total. The highest BCUT2D eigenvalue weighted by atomic mass is 16.5. The standard InChI is InChI=1S/C37H38O6/c1-2-42-34-23-21-31(22-24-34)30-16-14-29(15-17-30)26-43-35-9-5-4-8-32(35)18-11-27(7-3-6-10-36(38)39)25-28-12-19-33(20-13-28)37(40)41/h4-5,8-9,11-24,27H,2-3,6-7,10,25-26H2,1H3,(H,38,39)(H,40,41). The lowest BCUT2D eigenvalue weighted by Crippen LogP contribution is -2.04. The zero-order chi connectivity index (χ0) is 30.4. The highest BCUT2D eigenvalue weighted by Crippen LogP contribution is 2.26. The van der Waals surface area contributed by atoms with Gasteiger partial charge in [-0.2, -0.15) is 0 Å². The van der Waals surface area contributed by atoms with Gasteiger partial charge in [0.25, 0.3) is 0 Å². The number of hydrogen-bond donors (Lipinski definition) is 2. The third kappa shape index (κ3) is 9.89. The fourth-order valence-electron chi connectivity index (χ4n) is 4.89. The summed E-state index contributed by atoms with van der Waals surface area (Å²) in [5, 5.41) is 18.2. The lowest BCUT2D eigenvalue weighted by molar-refractivity contribution is -0.137. The topological polar surface area (TPSA) is 93.1 Å². The van der Waals surface area contributed by atoms with Crippen molar-refractivity contribution in [1.82, 2.24) is 0 Å². The molecule has 4 aromatic rings. The number of ether oxygens (including phenoxy) is 2. The maximum Gasteiger partial charge on any atom is 0.335 e. The van der Waals surface area contributed by atoms with Gasteiger partial charge < -0.3 is 19.7 Å². The number of carboxylic acid groups (broad SMARTS) is 2. The molecule has 222 valence electrons. The predicted octanol–water partition coefficient (Wildman–Crippen LogP) is 8.55. The van der Waals surface area contributed by atoms with Crippen LogP contribution in [-0.4, -0.2) is 28.8 Å². The molecule has 4 aromatic carbocycles. The minimum Gasteiger partial charge on any atom is -0.494 e. The second-order valence-corrected chi connectivity index (χ2v) is 10.4. The molecular formula is C37H38O6. The molecule has 1 atom stereocenters. The molecule has 0 aromatic heterocycles. The molecule has 0 bridgehead atoms. The molecule has 0 heterocycles. The van der Waals surface area contributed by atoms with Gasteiger partial charge in [-0.15, -0.1) is 0 Å². The highest BCUT2D eigenvalue weighted by Gasteiger charge is 2.10. The second-order valence-electron chi connectivity index (χ2n) is 10.4. The van der Waals surface area contributed by atoms with Crippen molar-refractivity contribution < 1.29 is 29.3 Å². The molecule has 2 N–H and O–H groups in total. The normalized spacial score (nSPS) is 11.7. The van der Waals surface area contributed by atoms with Crippen LogP contribution in [0.1, 0.15) is 59.7 Å². The van der Waals surface area contributed by atoms with Gasteiger partial charge in [-0.3, -0.25) is 4.79 Å². The average molecular weight is 579 g/mol. The van der Waals surface area contributed by atoms with Crippen LogP contribution in [0.4, 0.5) is 0 Å². The largest absolute Gasteiger partial charge is 0.494 e.